The lowest BCUT2D eigenvalue weighted by atomic mass is 9.85. The molecule has 1 spiro atoms. The Morgan fingerprint density at radius 1 is 1.30 bits per heavy atom. The summed E-state index contributed by atoms with van der Waals surface area (Å²) >= 11 is 0. The van der Waals surface area contributed by atoms with Crippen molar-refractivity contribution in [1.29, 1.82) is 0 Å². The van der Waals surface area contributed by atoms with Crippen molar-refractivity contribution in [2.24, 2.45) is 0 Å². The zero-order valence-electron chi connectivity index (χ0n) is 13.0. The average molecular weight is 333 g/mol. The van der Waals surface area contributed by atoms with Gasteiger partial charge in [0, 0.05) is 24.7 Å². The standard InChI is InChI=1S/C16H19N3O3S/c1-23(20,21)19-12-16(15-14(19)5-2-7-17-15)6-8-18(11-16)10-13-4-3-9-22-13/h2-5,7,9H,6,8,10-12H2,1H3/t16-/m0/s1. The van der Waals surface area contributed by atoms with Crippen molar-refractivity contribution in [2.75, 3.05) is 30.2 Å². The Bertz CT molecular complexity index is 819. The summed E-state index contributed by atoms with van der Waals surface area (Å²) in [7, 11) is -3.29. The van der Waals surface area contributed by atoms with Gasteiger partial charge in [-0.2, -0.15) is 0 Å². The molecule has 1 atom stereocenters. The van der Waals surface area contributed by atoms with Crippen LogP contribution in [0.3, 0.4) is 0 Å². The van der Waals surface area contributed by atoms with Crippen LogP contribution in [0.5, 0.6) is 0 Å². The van der Waals surface area contributed by atoms with Crippen molar-refractivity contribution in [1.82, 2.24) is 9.88 Å². The van der Waals surface area contributed by atoms with Crippen LogP contribution >= 0.6 is 0 Å². The van der Waals surface area contributed by atoms with E-state index in [9.17, 15) is 8.42 Å². The first-order valence-electron chi connectivity index (χ1n) is 7.66. The molecule has 0 radical (unpaired) electrons. The van der Waals surface area contributed by atoms with Crippen molar-refractivity contribution in [3.05, 3.63) is 48.2 Å². The first-order valence-corrected chi connectivity index (χ1v) is 9.51. The van der Waals surface area contributed by atoms with Gasteiger partial charge in [-0.1, -0.05) is 0 Å². The Morgan fingerprint density at radius 2 is 2.17 bits per heavy atom. The third-order valence-electron chi connectivity index (χ3n) is 4.80. The molecule has 6 nitrogen and oxygen atoms in total. The monoisotopic (exact) mass is 333 g/mol. The van der Waals surface area contributed by atoms with Gasteiger partial charge in [-0.15, -0.1) is 0 Å². The predicted octanol–water partition coefficient (Wildman–Crippen LogP) is 1.60. The number of nitrogens with zero attached hydrogens (tertiary/aromatic N) is 3. The molecule has 1 saturated heterocycles. The maximum absolute atomic E-state index is 12.1. The van der Waals surface area contributed by atoms with E-state index in [1.54, 1.807) is 18.5 Å². The molecule has 122 valence electrons. The Morgan fingerprint density at radius 3 is 2.91 bits per heavy atom. The van der Waals surface area contributed by atoms with Gasteiger partial charge in [0.15, 0.2) is 0 Å². The van der Waals surface area contributed by atoms with E-state index in [2.05, 4.69) is 9.88 Å². The van der Waals surface area contributed by atoms with Gasteiger partial charge in [0.2, 0.25) is 10.0 Å². The van der Waals surface area contributed by atoms with Crippen molar-refractivity contribution in [3.63, 3.8) is 0 Å². The second kappa shape index (κ2) is 5.07. The number of aromatic nitrogens is 1. The second-order valence-electron chi connectivity index (χ2n) is 6.46. The second-order valence-corrected chi connectivity index (χ2v) is 8.37. The topological polar surface area (TPSA) is 66.7 Å². The Labute approximate surface area is 135 Å². The molecule has 2 aromatic heterocycles. The summed E-state index contributed by atoms with van der Waals surface area (Å²) in [6.07, 6.45) is 5.60. The number of pyridine rings is 1. The molecule has 0 N–H and O–H groups in total. The van der Waals surface area contributed by atoms with Crippen molar-refractivity contribution in [2.45, 2.75) is 18.4 Å². The molecular weight excluding hydrogens is 314 g/mol. The number of rotatable bonds is 3. The summed E-state index contributed by atoms with van der Waals surface area (Å²) < 4.78 is 31.2. The maximum atomic E-state index is 12.1. The molecule has 0 unspecified atom stereocenters. The van der Waals surface area contributed by atoms with E-state index >= 15 is 0 Å². The number of hydrogen-bond donors (Lipinski definition) is 0. The van der Waals surface area contributed by atoms with Crippen LogP contribution in [0.15, 0.2) is 41.1 Å². The molecule has 7 heteroatoms. The smallest absolute Gasteiger partial charge is 0.232 e. The molecule has 2 aromatic rings. The van der Waals surface area contributed by atoms with Gasteiger partial charge < -0.3 is 4.42 Å². The molecule has 4 rings (SSSR count). The minimum Gasteiger partial charge on any atom is -0.468 e. The fourth-order valence-corrected chi connectivity index (χ4v) is 4.76. The van der Waals surface area contributed by atoms with E-state index in [0.717, 1.165) is 43.2 Å². The quantitative estimate of drug-likeness (QED) is 0.853. The lowest BCUT2D eigenvalue weighted by molar-refractivity contribution is 0.279. The summed E-state index contributed by atoms with van der Waals surface area (Å²) in [6, 6.07) is 7.51. The number of likely N-dealkylation sites (tertiary alicyclic amines) is 1. The molecule has 23 heavy (non-hydrogen) atoms. The molecule has 0 saturated carbocycles. The molecule has 1 fully saturated rings. The van der Waals surface area contributed by atoms with Crippen LogP contribution < -0.4 is 4.31 Å². The Balaban J connectivity index is 1.65. The summed E-state index contributed by atoms with van der Waals surface area (Å²) in [5.74, 6) is 0.932. The number of furan rings is 1. The van der Waals surface area contributed by atoms with Gasteiger partial charge in [-0.05, 0) is 37.2 Å². The third kappa shape index (κ3) is 2.44. The SMILES string of the molecule is CS(=O)(=O)N1C[C@@]2(CCN(Cc3ccco3)C2)c2ncccc21. The van der Waals surface area contributed by atoms with E-state index < -0.39 is 10.0 Å². The van der Waals surface area contributed by atoms with Crippen LogP contribution in [0.4, 0.5) is 5.69 Å². The highest BCUT2D eigenvalue weighted by molar-refractivity contribution is 7.92. The third-order valence-corrected chi connectivity index (χ3v) is 5.92. The Kier molecular flexibility index (Phi) is 3.24. The highest BCUT2D eigenvalue weighted by Crippen LogP contribution is 2.46. The van der Waals surface area contributed by atoms with Gasteiger partial charge >= 0.3 is 0 Å². The zero-order valence-corrected chi connectivity index (χ0v) is 13.8. The molecule has 0 aliphatic carbocycles. The van der Waals surface area contributed by atoms with Gasteiger partial charge in [0.1, 0.15) is 5.76 Å². The van der Waals surface area contributed by atoms with Gasteiger partial charge in [0.05, 0.1) is 30.4 Å². The van der Waals surface area contributed by atoms with E-state index in [4.69, 9.17) is 4.42 Å². The zero-order chi connectivity index (χ0) is 16.1. The summed E-state index contributed by atoms with van der Waals surface area (Å²) in [6.45, 7) is 2.93. The maximum Gasteiger partial charge on any atom is 0.232 e. The molecule has 2 aliphatic rings. The minimum absolute atomic E-state index is 0.216. The van der Waals surface area contributed by atoms with Gasteiger partial charge in [-0.25, -0.2) is 8.42 Å². The van der Waals surface area contributed by atoms with Crippen LogP contribution in [0, 0.1) is 0 Å². The van der Waals surface area contributed by atoms with E-state index in [-0.39, 0.29) is 5.41 Å². The molecule has 2 aliphatic heterocycles. The van der Waals surface area contributed by atoms with Crippen molar-refractivity contribution < 1.29 is 12.8 Å². The molecular formula is C16H19N3O3S. The fraction of sp³-hybridized carbons (Fsp3) is 0.438. The highest BCUT2D eigenvalue weighted by atomic mass is 32.2. The number of fused-ring (bicyclic) bond motifs is 2. The minimum atomic E-state index is -3.29. The largest absolute Gasteiger partial charge is 0.468 e. The van der Waals surface area contributed by atoms with Crippen LogP contribution in [0.25, 0.3) is 0 Å². The molecule has 0 aromatic carbocycles. The lowest BCUT2D eigenvalue weighted by Gasteiger charge is -2.24. The summed E-state index contributed by atoms with van der Waals surface area (Å²) in [5.41, 5.74) is 1.42. The molecule has 0 bridgehead atoms. The number of hydrogen-bond acceptors (Lipinski definition) is 5. The van der Waals surface area contributed by atoms with Crippen molar-refractivity contribution in [3.8, 4) is 0 Å². The number of sulfonamides is 1. The van der Waals surface area contributed by atoms with E-state index in [1.807, 2.05) is 18.2 Å². The molecule has 0 amide bonds. The van der Waals surface area contributed by atoms with Gasteiger partial charge in [0.25, 0.3) is 0 Å². The van der Waals surface area contributed by atoms with Crippen molar-refractivity contribution >= 4 is 15.7 Å². The summed E-state index contributed by atoms with van der Waals surface area (Å²) in [4.78, 5) is 6.84. The van der Waals surface area contributed by atoms with Crippen LogP contribution in [-0.4, -0.2) is 44.2 Å². The average Bonchev–Trinajstić information content (AvgIpc) is 3.21. The first kappa shape index (κ1) is 14.7. The molecule has 4 heterocycles. The first-order chi connectivity index (χ1) is 11.0. The van der Waals surface area contributed by atoms with Crippen LogP contribution in [-0.2, 0) is 22.0 Å². The Hall–Kier alpha value is -1.86. The summed E-state index contributed by atoms with van der Waals surface area (Å²) in [5, 5.41) is 0. The van der Waals surface area contributed by atoms with E-state index in [1.165, 1.54) is 10.6 Å². The van der Waals surface area contributed by atoms with Gasteiger partial charge in [-0.3, -0.25) is 14.2 Å². The lowest BCUT2D eigenvalue weighted by Crippen LogP contribution is -2.38. The predicted molar refractivity (Wildman–Crippen MR) is 86.7 cm³/mol. The number of anilines is 1. The normalized spacial score (nSPS) is 24.5. The fourth-order valence-electron chi connectivity index (χ4n) is 3.78. The van der Waals surface area contributed by atoms with Crippen LogP contribution in [0.2, 0.25) is 0 Å². The highest BCUT2D eigenvalue weighted by Gasteiger charge is 2.50. The van der Waals surface area contributed by atoms with Crippen LogP contribution in [0.1, 0.15) is 17.9 Å². The van der Waals surface area contributed by atoms with E-state index in [0.29, 0.717) is 6.54 Å².